The van der Waals surface area contributed by atoms with E-state index in [1.54, 1.807) is 28.1 Å². The summed E-state index contributed by atoms with van der Waals surface area (Å²) in [6.45, 7) is 1.31. The number of carbonyl (C=O) groups is 2. The van der Waals surface area contributed by atoms with Crippen molar-refractivity contribution in [1.29, 1.82) is 0 Å². The van der Waals surface area contributed by atoms with Crippen LogP contribution in [0, 0.1) is 11.6 Å². The number of rotatable bonds is 4. The van der Waals surface area contributed by atoms with E-state index < -0.39 is 11.6 Å². The van der Waals surface area contributed by atoms with Gasteiger partial charge in [0.2, 0.25) is 0 Å². The normalized spacial score (nSPS) is 13.9. The third-order valence-corrected chi connectivity index (χ3v) is 6.01. The number of halogens is 2. The number of benzene rings is 2. The van der Waals surface area contributed by atoms with E-state index in [2.05, 4.69) is 4.98 Å². The van der Waals surface area contributed by atoms with Gasteiger partial charge in [-0.15, -0.1) is 0 Å². The molecule has 0 aliphatic carbocycles. The second-order valence-corrected chi connectivity index (χ2v) is 8.05. The Balaban J connectivity index is 1.43. The van der Waals surface area contributed by atoms with Gasteiger partial charge < -0.3 is 9.80 Å². The molecule has 0 unspecified atom stereocenters. The fourth-order valence-electron chi connectivity index (χ4n) is 3.33. The molecule has 2 heterocycles. The van der Waals surface area contributed by atoms with Crippen molar-refractivity contribution in [2.24, 2.45) is 0 Å². The van der Waals surface area contributed by atoms with Crippen LogP contribution in [0.3, 0.4) is 0 Å². The Morgan fingerprint density at radius 2 is 1.48 bits per heavy atom. The fourth-order valence-corrected chi connectivity index (χ4v) is 4.23. The lowest BCUT2D eigenvalue weighted by Crippen LogP contribution is -2.50. The highest BCUT2D eigenvalue weighted by Gasteiger charge is 2.27. The number of hydrogen-bond donors (Lipinski definition) is 0. The first-order valence-electron chi connectivity index (χ1n) is 9.74. The Labute approximate surface area is 182 Å². The van der Waals surface area contributed by atoms with Crippen molar-refractivity contribution in [1.82, 2.24) is 14.8 Å². The molecule has 158 valence electrons. The van der Waals surface area contributed by atoms with Gasteiger partial charge in [-0.1, -0.05) is 30.0 Å². The van der Waals surface area contributed by atoms with E-state index in [-0.39, 0.29) is 17.4 Å². The van der Waals surface area contributed by atoms with E-state index in [0.717, 1.165) is 17.0 Å². The largest absolute Gasteiger partial charge is 0.335 e. The molecule has 0 bridgehead atoms. The molecule has 2 amide bonds. The lowest BCUT2D eigenvalue weighted by atomic mass is 10.1. The van der Waals surface area contributed by atoms with Crippen LogP contribution < -0.4 is 0 Å². The smallest absolute Gasteiger partial charge is 0.256 e. The monoisotopic (exact) mass is 439 g/mol. The number of carbonyl (C=O) groups excluding carboxylic acids is 2. The van der Waals surface area contributed by atoms with Gasteiger partial charge in [-0.05, 0) is 42.5 Å². The maximum absolute atomic E-state index is 13.4. The van der Waals surface area contributed by atoms with Gasteiger partial charge in [-0.2, -0.15) is 0 Å². The molecule has 3 aromatic rings. The third kappa shape index (κ3) is 4.74. The molecule has 2 aromatic carbocycles. The lowest BCUT2D eigenvalue weighted by Gasteiger charge is -2.35. The number of piperazine rings is 1. The van der Waals surface area contributed by atoms with Gasteiger partial charge in [-0.25, -0.2) is 13.8 Å². The molecule has 0 saturated carbocycles. The highest BCUT2D eigenvalue weighted by molar-refractivity contribution is 7.99. The van der Waals surface area contributed by atoms with Crippen LogP contribution >= 0.6 is 11.8 Å². The Hall–Kier alpha value is -3.26. The van der Waals surface area contributed by atoms with Gasteiger partial charge in [0.15, 0.2) is 11.6 Å². The van der Waals surface area contributed by atoms with Gasteiger partial charge in [0, 0.05) is 42.8 Å². The molecule has 4 rings (SSSR count). The first kappa shape index (κ1) is 21.0. The second kappa shape index (κ2) is 9.26. The summed E-state index contributed by atoms with van der Waals surface area (Å²) < 4.78 is 26.6. The van der Waals surface area contributed by atoms with Gasteiger partial charge in [-0.3, -0.25) is 9.59 Å². The van der Waals surface area contributed by atoms with Crippen LogP contribution in [0.1, 0.15) is 20.7 Å². The van der Waals surface area contributed by atoms with Crippen LogP contribution in [-0.4, -0.2) is 52.8 Å². The first-order valence-corrected chi connectivity index (χ1v) is 10.6. The zero-order chi connectivity index (χ0) is 21.8. The van der Waals surface area contributed by atoms with Crippen molar-refractivity contribution in [3.05, 3.63) is 89.6 Å². The van der Waals surface area contributed by atoms with E-state index in [1.807, 2.05) is 30.3 Å². The summed E-state index contributed by atoms with van der Waals surface area (Å²) in [6, 6.07) is 16.3. The molecule has 5 nitrogen and oxygen atoms in total. The van der Waals surface area contributed by atoms with Crippen molar-refractivity contribution in [2.45, 2.75) is 9.92 Å². The van der Waals surface area contributed by atoms with E-state index in [0.29, 0.717) is 36.8 Å². The minimum Gasteiger partial charge on any atom is -0.335 e. The van der Waals surface area contributed by atoms with Crippen LogP contribution in [0.5, 0.6) is 0 Å². The zero-order valence-electron chi connectivity index (χ0n) is 16.5. The maximum atomic E-state index is 13.4. The molecule has 1 aliphatic rings. The number of amides is 2. The average molecular weight is 439 g/mol. The number of hydrogen-bond acceptors (Lipinski definition) is 4. The topological polar surface area (TPSA) is 53.5 Å². The summed E-state index contributed by atoms with van der Waals surface area (Å²) in [4.78, 5) is 34.3. The summed E-state index contributed by atoms with van der Waals surface area (Å²) in [6.07, 6.45) is 1.65. The van der Waals surface area contributed by atoms with E-state index >= 15 is 0 Å². The van der Waals surface area contributed by atoms with E-state index in [1.165, 1.54) is 17.8 Å². The van der Waals surface area contributed by atoms with Crippen LogP contribution in [0.15, 0.2) is 76.8 Å². The van der Waals surface area contributed by atoms with Crippen molar-refractivity contribution < 1.29 is 18.4 Å². The molecule has 0 N–H and O–H groups in total. The van der Waals surface area contributed by atoms with Gasteiger partial charge in [0.25, 0.3) is 11.8 Å². The van der Waals surface area contributed by atoms with E-state index in [9.17, 15) is 18.4 Å². The molecule has 8 heteroatoms. The lowest BCUT2D eigenvalue weighted by molar-refractivity contribution is 0.0533. The highest BCUT2D eigenvalue weighted by Crippen LogP contribution is 2.29. The number of nitrogens with zero attached hydrogens (tertiary/aromatic N) is 3. The van der Waals surface area contributed by atoms with Crippen molar-refractivity contribution >= 4 is 23.6 Å². The summed E-state index contributed by atoms with van der Waals surface area (Å²) in [7, 11) is 0. The third-order valence-electron chi connectivity index (χ3n) is 4.98. The molecule has 1 aliphatic heterocycles. The van der Waals surface area contributed by atoms with Crippen molar-refractivity contribution in [2.75, 3.05) is 26.2 Å². The Morgan fingerprint density at radius 3 is 2.16 bits per heavy atom. The van der Waals surface area contributed by atoms with Crippen molar-refractivity contribution in [3.63, 3.8) is 0 Å². The number of aromatic nitrogens is 1. The Morgan fingerprint density at radius 1 is 0.806 bits per heavy atom. The standard InChI is InChI=1S/C23H19F2N3O2S/c24-19-9-8-16(15-20(19)25)22(29)27-11-13-28(14-12-27)23(30)18-7-4-10-26-21(18)31-17-5-2-1-3-6-17/h1-10,15H,11-14H2. The van der Waals surface area contributed by atoms with Crippen LogP contribution in [-0.2, 0) is 0 Å². The molecule has 1 aromatic heterocycles. The molecule has 31 heavy (non-hydrogen) atoms. The average Bonchev–Trinajstić information content (AvgIpc) is 2.81. The van der Waals surface area contributed by atoms with Crippen molar-refractivity contribution in [3.8, 4) is 0 Å². The van der Waals surface area contributed by atoms with Gasteiger partial charge in [0.1, 0.15) is 5.03 Å². The quantitative estimate of drug-likeness (QED) is 0.614. The molecule has 1 fully saturated rings. The fraction of sp³-hybridized carbons (Fsp3) is 0.174. The summed E-state index contributed by atoms with van der Waals surface area (Å²) in [5.74, 6) is -2.58. The second-order valence-electron chi connectivity index (χ2n) is 6.98. The molecular formula is C23H19F2N3O2S. The van der Waals surface area contributed by atoms with E-state index in [4.69, 9.17) is 0 Å². The SMILES string of the molecule is O=C(c1ccc(F)c(F)c1)N1CCN(C(=O)c2cccnc2Sc2ccccc2)CC1. The maximum Gasteiger partial charge on any atom is 0.256 e. The van der Waals surface area contributed by atoms with Gasteiger partial charge >= 0.3 is 0 Å². The molecular weight excluding hydrogens is 420 g/mol. The Kier molecular flexibility index (Phi) is 6.27. The van der Waals surface area contributed by atoms with Crippen LogP contribution in [0.2, 0.25) is 0 Å². The predicted octanol–water partition coefficient (Wildman–Crippen LogP) is 4.11. The molecule has 0 atom stereocenters. The predicted molar refractivity (Wildman–Crippen MR) is 113 cm³/mol. The minimum atomic E-state index is -1.06. The van der Waals surface area contributed by atoms with Crippen LogP contribution in [0.4, 0.5) is 8.78 Å². The highest BCUT2D eigenvalue weighted by atomic mass is 32.2. The number of pyridine rings is 1. The Bertz CT molecular complexity index is 1100. The van der Waals surface area contributed by atoms with Crippen LogP contribution in [0.25, 0.3) is 0 Å². The zero-order valence-corrected chi connectivity index (χ0v) is 17.3. The molecule has 1 saturated heterocycles. The molecule has 0 radical (unpaired) electrons. The van der Waals surface area contributed by atoms with Gasteiger partial charge in [0.05, 0.1) is 5.56 Å². The first-order chi connectivity index (χ1) is 15.0. The minimum absolute atomic E-state index is 0.0903. The summed E-state index contributed by atoms with van der Waals surface area (Å²) >= 11 is 1.42. The molecule has 0 spiro atoms. The summed E-state index contributed by atoms with van der Waals surface area (Å²) in [5.41, 5.74) is 0.601. The summed E-state index contributed by atoms with van der Waals surface area (Å²) in [5, 5.41) is 0.624.